The van der Waals surface area contributed by atoms with Crippen LogP contribution in [0.3, 0.4) is 0 Å². The maximum absolute atomic E-state index is 12.4. The molecule has 1 heterocycles. The molecule has 158 valence electrons. The first kappa shape index (κ1) is 20.7. The number of carbonyl (C=O) groups is 1. The molecule has 0 bridgehead atoms. The molecule has 9 heteroatoms. The lowest BCUT2D eigenvalue weighted by Gasteiger charge is -2.15. The maximum atomic E-state index is 12.4. The molecule has 7 N–H and O–H groups in total. The van der Waals surface area contributed by atoms with Crippen LogP contribution in [-0.2, 0) is 20.2 Å². The molecular formula is C22H21N5O3S. The molecule has 1 aromatic heterocycles. The Bertz CT molecular complexity index is 1300. The van der Waals surface area contributed by atoms with E-state index in [0.29, 0.717) is 28.8 Å². The average molecular weight is 436 g/mol. The molecule has 1 amide bonds. The number of benzene rings is 2. The van der Waals surface area contributed by atoms with E-state index in [4.69, 9.17) is 22.0 Å². The van der Waals surface area contributed by atoms with Crippen LogP contribution in [-0.4, -0.2) is 25.1 Å². The molecule has 1 aliphatic rings. The number of carbonyl (C=O) groups excluding carboxylic acids is 1. The average Bonchev–Trinajstić information content (AvgIpc) is 3.51. The van der Waals surface area contributed by atoms with Crippen molar-refractivity contribution in [2.45, 2.75) is 22.6 Å². The number of primary sulfonamides is 1. The Balaban J connectivity index is 1.71. The zero-order chi connectivity index (χ0) is 22.4. The molecule has 8 nitrogen and oxygen atoms in total. The summed E-state index contributed by atoms with van der Waals surface area (Å²) in [6.07, 6.45) is 2.01. The van der Waals surface area contributed by atoms with E-state index in [9.17, 15) is 13.2 Å². The third kappa shape index (κ3) is 3.58. The quantitative estimate of drug-likeness (QED) is 0.340. The van der Waals surface area contributed by atoms with Crippen LogP contribution in [0.15, 0.2) is 71.8 Å². The summed E-state index contributed by atoms with van der Waals surface area (Å²) in [7, 11) is -3.91. The smallest absolute Gasteiger partial charge is 0.238 e. The van der Waals surface area contributed by atoms with Gasteiger partial charge in [0.1, 0.15) is 5.84 Å². The third-order valence-electron chi connectivity index (χ3n) is 5.73. The normalized spacial score (nSPS) is 20.2. The minimum atomic E-state index is -3.91. The summed E-state index contributed by atoms with van der Waals surface area (Å²) in [5.41, 5.74) is 13.3. The Labute approximate surface area is 179 Å². The van der Waals surface area contributed by atoms with Crippen molar-refractivity contribution in [3.05, 3.63) is 83.7 Å². The Hall–Kier alpha value is -3.56. The summed E-state index contributed by atoms with van der Waals surface area (Å²) >= 11 is 0. The number of aromatic nitrogens is 1. The SMILES string of the molecule is N=C(N)c1cccc(C2CC2(C(N)=O)c2ccc(-c3ccccc3S(N)(=O)=O)cn2)c1. The highest BCUT2D eigenvalue weighted by Gasteiger charge is 2.61. The molecule has 2 atom stereocenters. The fourth-order valence-electron chi connectivity index (χ4n) is 4.04. The van der Waals surface area contributed by atoms with Crippen molar-refractivity contribution in [3.63, 3.8) is 0 Å². The monoisotopic (exact) mass is 435 g/mol. The van der Waals surface area contributed by atoms with Gasteiger partial charge in [-0.3, -0.25) is 15.2 Å². The van der Waals surface area contributed by atoms with Gasteiger partial charge < -0.3 is 11.5 Å². The van der Waals surface area contributed by atoms with Crippen LogP contribution in [0.4, 0.5) is 0 Å². The lowest BCUT2D eigenvalue weighted by Crippen LogP contribution is -2.31. The van der Waals surface area contributed by atoms with Crippen molar-refractivity contribution < 1.29 is 13.2 Å². The number of primary amides is 1. The first-order chi connectivity index (χ1) is 14.6. The summed E-state index contributed by atoms with van der Waals surface area (Å²) in [5.74, 6) is -0.724. The molecule has 0 saturated heterocycles. The number of rotatable bonds is 6. The lowest BCUT2D eigenvalue weighted by molar-refractivity contribution is -0.120. The molecule has 31 heavy (non-hydrogen) atoms. The van der Waals surface area contributed by atoms with Crippen LogP contribution in [0.25, 0.3) is 11.1 Å². The van der Waals surface area contributed by atoms with E-state index < -0.39 is 21.3 Å². The predicted octanol–water partition coefficient (Wildman–Crippen LogP) is 1.59. The Kier molecular flexibility index (Phi) is 4.87. The first-order valence-corrected chi connectivity index (χ1v) is 11.0. The molecule has 2 aromatic carbocycles. The number of amidine groups is 1. The number of hydrogen-bond donors (Lipinski definition) is 4. The summed E-state index contributed by atoms with van der Waals surface area (Å²) in [6, 6.07) is 17.0. The highest BCUT2D eigenvalue weighted by Crippen LogP contribution is 2.60. The molecule has 1 aliphatic carbocycles. The number of pyridine rings is 1. The Morgan fingerprint density at radius 2 is 1.81 bits per heavy atom. The van der Waals surface area contributed by atoms with Crippen molar-refractivity contribution in [2.75, 3.05) is 0 Å². The molecule has 0 spiro atoms. The van der Waals surface area contributed by atoms with Crippen LogP contribution >= 0.6 is 0 Å². The molecule has 3 aromatic rings. The van der Waals surface area contributed by atoms with E-state index in [2.05, 4.69) is 4.98 Å². The van der Waals surface area contributed by atoms with E-state index in [-0.39, 0.29) is 16.6 Å². The molecule has 2 unspecified atom stereocenters. The van der Waals surface area contributed by atoms with E-state index in [1.54, 1.807) is 48.5 Å². The summed E-state index contributed by atoms with van der Waals surface area (Å²) in [6.45, 7) is 0. The van der Waals surface area contributed by atoms with Crippen molar-refractivity contribution in [1.29, 1.82) is 5.41 Å². The van der Waals surface area contributed by atoms with Gasteiger partial charge in [-0.2, -0.15) is 0 Å². The van der Waals surface area contributed by atoms with E-state index >= 15 is 0 Å². The predicted molar refractivity (Wildman–Crippen MR) is 117 cm³/mol. The lowest BCUT2D eigenvalue weighted by atomic mass is 9.92. The van der Waals surface area contributed by atoms with Crippen LogP contribution in [0, 0.1) is 5.41 Å². The Morgan fingerprint density at radius 3 is 2.42 bits per heavy atom. The highest BCUT2D eigenvalue weighted by molar-refractivity contribution is 7.89. The first-order valence-electron chi connectivity index (χ1n) is 9.47. The number of nitrogens with zero attached hydrogens (tertiary/aromatic N) is 1. The van der Waals surface area contributed by atoms with Crippen LogP contribution in [0.2, 0.25) is 0 Å². The molecule has 1 fully saturated rings. The second kappa shape index (κ2) is 7.29. The fourth-order valence-corrected chi connectivity index (χ4v) is 4.80. The summed E-state index contributed by atoms with van der Waals surface area (Å²) in [5, 5.41) is 13.0. The standard InChI is InChI=1S/C22H21N5O3S/c23-20(24)14-5-3-4-13(10-14)17-11-22(17,21(25)28)19-9-8-15(12-27-19)16-6-1-2-7-18(16)31(26,29)30/h1-10,12,17H,11H2,(H3,23,24)(H2,25,28)(H2,26,29,30). The maximum Gasteiger partial charge on any atom is 0.238 e. The number of nitrogen functional groups attached to an aromatic ring is 1. The van der Waals surface area contributed by atoms with Crippen molar-refractivity contribution >= 4 is 21.8 Å². The summed E-state index contributed by atoms with van der Waals surface area (Å²) < 4.78 is 23.8. The van der Waals surface area contributed by atoms with Gasteiger partial charge in [0.05, 0.1) is 16.0 Å². The van der Waals surface area contributed by atoms with Crippen molar-refractivity contribution in [2.24, 2.45) is 16.6 Å². The number of nitrogens with two attached hydrogens (primary N) is 3. The minimum Gasteiger partial charge on any atom is -0.384 e. The molecule has 4 rings (SSSR count). The molecule has 1 saturated carbocycles. The van der Waals surface area contributed by atoms with Crippen LogP contribution < -0.4 is 16.6 Å². The highest BCUT2D eigenvalue weighted by atomic mass is 32.2. The molecule has 0 aliphatic heterocycles. The largest absolute Gasteiger partial charge is 0.384 e. The zero-order valence-electron chi connectivity index (χ0n) is 16.4. The summed E-state index contributed by atoms with van der Waals surface area (Å²) in [4.78, 5) is 16.9. The van der Waals surface area contributed by atoms with Gasteiger partial charge in [-0.1, -0.05) is 42.5 Å². The van der Waals surface area contributed by atoms with E-state index in [1.807, 2.05) is 6.07 Å². The van der Waals surface area contributed by atoms with Crippen LogP contribution in [0.5, 0.6) is 0 Å². The number of nitrogens with one attached hydrogen (secondary N) is 1. The second-order valence-corrected chi connectivity index (χ2v) is 9.13. The fraction of sp³-hybridized carbons (Fsp3) is 0.136. The molecule has 0 radical (unpaired) electrons. The van der Waals surface area contributed by atoms with Gasteiger partial charge in [0, 0.05) is 28.8 Å². The number of amides is 1. The van der Waals surface area contributed by atoms with E-state index in [1.165, 1.54) is 12.3 Å². The van der Waals surface area contributed by atoms with Gasteiger partial charge in [-0.15, -0.1) is 0 Å². The van der Waals surface area contributed by atoms with Crippen LogP contribution in [0.1, 0.15) is 29.2 Å². The van der Waals surface area contributed by atoms with Crippen molar-refractivity contribution in [1.82, 2.24) is 4.98 Å². The van der Waals surface area contributed by atoms with Gasteiger partial charge in [0.2, 0.25) is 15.9 Å². The van der Waals surface area contributed by atoms with Gasteiger partial charge >= 0.3 is 0 Å². The zero-order valence-corrected chi connectivity index (χ0v) is 17.3. The topological polar surface area (TPSA) is 166 Å². The van der Waals surface area contributed by atoms with Gasteiger partial charge in [0.15, 0.2) is 0 Å². The number of sulfonamides is 1. The minimum absolute atomic E-state index is 0.000453. The third-order valence-corrected chi connectivity index (χ3v) is 6.69. The molecular weight excluding hydrogens is 414 g/mol. The van der Waals surface area contributed by atoms with Gasteiger partial charge in [-0.25, -0.2) is 13.6 Å². The van der Waals surface area contributed by atoms with Gasteiger partial charge in [-0.05, 0) is 30.2 Å². The Morgan fingerprint density at radius 1 is 1.06 bits per heavy atom. The second-order valence-electron chi connectivity index (χ2n) is 7.60. The van der Waals surface area contributed by atoms with E-state index in [0.717, 1.165) is 5.56 Å². The number of hydrogen-bond acceptors (Lipinski definition) is 5. The van der Waals surface area contributed by atoms with Crippen molar-refractivity contribution in [3.8, 4) is 11.1 Å². The van der Waals surface area contributed by atoms with Gasteiger partial charge in [0.25, 0.3) is 0 Å².